The first-order valence-corrected chi connectivity index (χ1v) is 12.8. The SMILES string of the molecule is CCCCNC(=O)N(Cc1ccccc1)Cc1cccn1Cc1csc(-c2ccc(OC)cc2)n1. The fourth-order valence-electron chi connectivity index (χ4n) is 3.85. The predicted molar refractivity (Wildman–Crippen MR) is 142 cm³/mol. The van der Waals surface area contributed by atoms with Gasteiger partial charge in [-0.1, -0.05) is 43.7 Å². The molecule has 0 fully saturated rings. The van der Waals surface area contributed by atoms with Gasteiger partial charge in [0.15, 0.2) is 0 Å². The van der Waals surface area contributed by atoms with E-state index in [0.29, 0.717) is 26.2 Å². The van der Waals surface area contributed by atoms with Crippen molar-refractivity contribution in [3.8, 4) is 16.3 Å². The van der Waals surface area contributed by atoms with Crippen LogP contribution < -0.4 is 10.1 Å². The maximum atomic E-state index is 13.0. The highest BCUT2D eigenvalue weighted by Crippen LogP contribution is 2.26. The minimum absolute atomic E-state index is 0.0366. The molecule has 0 unspecified atom stereocenters. The summed E-state index contributed by atoms with van der Waals surface area (Å²) in [6.45, 7) is 4.55. The zero-order valence-electron chi connectivity index (χ0n) is 20.3. The fourth-order valence-corrected chi connectivity index (χ4v) is 4.67. The van der Waals surface area contributed by atoms with E-state index >= 15 is 0 Å². The molecule has 2 heterocycles. The van der Waals surface area contributed by atoms with Crippen molar-refractivity contribution in [1.29, 1.82) is 0 Å². The molecule has 0 aliphatic carbocycles. The Hall–Kier alpha value is -3.58. The Kier molecular flexibility index (Phi) is 8.57. The van der Waals surface area contributed by atoms with Crippen LogP contribution in [0.15, 0.2) is 78.3 Å². The molecule has 35 heavy (non-hydrogen) atoms. The molecule has 0 atom stereocenters. The van der Waals surface area contributed by atoms with Gasteiger partial charge in [-0.25, -0.2) is 9.78 Å². The number of methoxy groups -OCH3 is 1. The molecule has 182 valence electrons. The molecule has 6 nitrogen and oxygen atoms in total. The van der Waals surface area contributed by atoms with Gasteiger partial charge in [0.25, 0.3) is 0 Å². The van der Waals surface area contributed by atoms with Gasteiger partial charge >= 0.3 is 6.03 Å². The van der Waals surface area contributed by atoms with E-state index in [1.54, 1.807) is 18.4 Å². The Bertz CT molecular complexity index is 1200. The lowest BCUT2D eigenvalue weighted by Crippen LogP contribution is -2.39. The number of rotatable bonds is 11. The predicted octanol–water partition coefficient (Wildman–Crippen LogP) is 6.18. The number of nitrogens with one attached hydrogen (secondary N) is 1. The lowest BCUT2D eigenvalue weighted by Gasteiger charge is -2.24. The van der Waals surface area contributed by atoms with Gasteiger partial charge in [-0.3, -0.25) is 0 Å². The lowest BCUT2D eigenvalue weighted by molar-refractivity contribution is 0.191. The number of carbonyl (C=O) groups is 1. The minimum Gasteiger partial charge on any atom is -0.497 e. The van der Waals surface area contributed by atoms with Crippen LogP contribution in [-0.2, 0) is 19.6 Å². The molecule has 2 aromatic carbocycles. The van der Waals surface area contributed by atoms with Gasteiger partial charge in [-0.15, -0.1) is 11.3 Å². The number of ether oxygens (including phenoxy) is 1. The summed E-state index contributed by atoms with van der Waals surface area (Å²) in [5.41, 5.74) is 4.26. The summed E-state index contributed by atoms with van der Waals surface area (Å²) in [6, 6.07) is 22.2. The van der Waals surface area contributed by atoms with Gasteiger partial charge in [0.05, 0.1) is 25.9 Å². The van der Waals surface area contributed by atoms with Crippen LogP contribution >= 0.6 is 11.3 Å². The molecule has 4 rings (SSSR count). The minimum atomic E-state index is -0.0366. The lowest BCUT2D eigenvalue weighted by atomic mass is 10.2. The number of carbonyl (C=O) groups excluding carboxylic acids is 1. The maximum Gasteiger partial charge on any atom is 0.318 e. The van der Waals surface area contributed by atoms with Gasteiger partial charge in [-0.05, 0) is 48.4 Å². The van der Waals surface area contributed by atoms with Crippen molar-refractivity contribution >= 4 is 17.4 Å². The number of aromatic nitrogens is 2. The Morgan fingerprint density at radius 3 is 2.60 bits per heavy atom. The fraction of sp³-hybridized carbons (Fsp3) is 0.286. The molecule has 1 N–H and O–H groups in total. The Morgan fingerprint density at radius 2 is 1.86 bits per heavy atom. The van der Waals surface area contributed by atoms with E-state index in [2.05, 4.69) is 46.6 Å². The largest absolute Gasteiger partial charge is 0.497 e. The molecule has 0 saturated carbocycles. The van der Waals surface area contributed by atoms with Gasteiger partial charge in [0.2, 0.25) is 0 Å². The third-order valence-corrected chi connectivity index (χ3v) is 6.75. The Labute approximate surface area is 211 Å². The molecule has 0 radical (unpaired) electrons. The van der Waals surface area contributed by atoms with Gasteiger partial charge < -0.3 is 19.5 Å². The average molecular weight is 489 g/mol. The van der Waals surface area contributed by atoms with Crippen molar-refractivity contribution in [3.63, 3.8) is 0 Å². The first-order valence-electron chi connectivity index (χ1n) is 12.0. The first kappa shape index (κ1) is 24.5. The number of amides is 2. The summed E-state index contributed by atoms with van der Waals surface area (Å²) in [4.78, 5) is 19.7. The van der Waals surface area contributed by atoms with E-state index in [1.165, 1.54) is 0 Å². The van der Waals surface area contributed by atoms with Crippen molar-refractivity contribution in [2.45, 2.75) is 39.4 Å². The van der Waals surface area contributed by atoms with Crippen molar-refractivity contribution in [3.05, 3.63) is 95.3 Å². The van der Waals surface area contributed by atoms with Gasteiger partial charge in [0.1, 0.15) is 10.8 Å². The second-order valence-corrected chi connectivity index (χ2v) is 9.29. The number of hydrogen-bond donors (Lipinski definition) is 1. The van der Waals surface area contributed by atoms with Gasteiger partial charge in [0, 0.05) is 35.9 Å². The zero-order chi connectivity index (χ0) is 24.5. The third kappa shape index (κ3) is 6.73. The summed E-state index contributed by atoms with van der Waals surface area (Å²) in [6.07, 6.45) is 4.08. The van der Waals surface area contributed by atoms with Crippen LogP contribution in [0.4, 0.5) is 4.79 Å². The second-order valence-electron chi connectivity index (χ2n) is 8.43. The molecule has 4 aromatic rings. The standard InChI is InChI=1S/C28H32N4O2S/c1-3-4-16-29-28(33)32(18-22-9-6-5-7-10-22)20-25-11-8-17-31(25)19-24-21-35-27(30-24)23-12-14-26(34-2)15-13-23/h5-15,17,21H,3-4,16,18-20H2,1-2H3,(H,29,33). The smallest absolute Gasteiger partial charge is 0.318 e. The van der Waals surface area contributed by atoms with E-state index in [9.17, 15) is 4.79 Å². The first-order chi connectivity index (χ1) is 17.2. The van der Waals surface area contributed by atoms with E-state index in [0.717, 1.165) is 46.1 Å². The summed E-state index contributed by atoms with van der Waals surface area (Å²) in [7, 11) is 1.67. The van der Waals surface area contributed by atoms with E-state index in [-0.39, 0.29) is 6.03 Å². The molecule has 0 bridgehead atoms. The molecular weight excluding hydrogens is 456 g/mol. The molecule has 0 aliphatic rings. The van der Waals surface area contributed by atoms with E-state index in [1.807, 2.05) is 53.4 Å². The highest BCUT2D eigenvalue weighted by molar-refractivity contribution is 7.13. The molecule has 0 saturated heterocycles. The third-order valence-electron chi connectivity index (χ3n) is 5.81. The normalized spacial score (nSPS) is 10.8. The van der Waals surface area contributed by atoms with Crippen LogP contribution in [-0.4, -0.2) is 34.1 Å². The number of nitrogens with zero attached hydrogens (tertiary/aromatic N) is 3. The molecule has 2 amide bonds. The van der Waals surface area contributed by atoms with Crippen LogP contribution in [0.1, 0.15) is 36.7 Å². The number of urea groups is 1. The molecule has 0 aliphatic heterocycles. The summed E-state index contributed by atoms with van der Waals surface area (Å²) < 4.78 is 7.42. The van der Waals surface area contributed by atoms with E-state index in [4.69, 9.17) is 9.72 Å². The number of unbranched alkanes of at least 4 members (excludes halogenated alkanes) is 1. The Morgan fingerprint density at radius 1 is 1.06 bits per heavy atom. The number of thiazole rings is 1. The summed E-state index contributed by atoms with van der Waals surface area (Å²) in [5.74, 6) is 0.835. The average Bonchev–Trinajstić information content (AvgIpc) is 3.54. The molecule has 7 heteroatoms. The monoisotopic (exact) mass is 488 g/mol. The van der Waals surface area contributed by atoms with Crippen LogP contribution in [0.3, 0.4) is 0 Å². The second kappa shape index (κ2) is 12.2. The van der Waals surface area contributed by atoms with Crippen LogP contribution in [0.25, 0.3) is 10.6 Å². The van der Waals surface area contributed by atoms with Crippen LogP contribution in [0.2, 0.25) is 0 Å². The van der Waals surface area contributed by atoms with Crippen molar-refractivity contribution < 1.29 is 9.53 Å². The van der Waals surface area contributed by atoms with Crippen molar-refractivity contribution in [1.82, 2.24) is 19.8 Å². The van der Waals surface area contributed by atoms with Crippen LogP contribution in [0, 0.1) is 0 Å². The molecule has 0 spiro atoms. The van der Waals surface area contributed by atoms with Crippen molar-refractivity contribution in [2.24, 2.45) is 0 Å². The topological polar surface area (TPSA) is 59.4 Å². The summed E-state index contributed by atoms with van der Waals surface area (Å²) in [5, 5.41) is 6.16. The van der Waals surface area contributed by atoms with Gasteiger partial charge in [-0.2, -0.15) is 0 Å². The quantitative estimate of drug-likeness (QED) is 0.257. The van der Waals surface area contributed by atoms with Crippen LogP contribution in [0.5, 0.6) is 5.75 Å². The summed E-state index contributed by atoms with van der Waals surface area (Å²) >= 11 is 1.64. The number of benzene rings is 2. The molecular formula is C28H32N4O2S. The van der Waals surface area contributed by atoms with E-state index < -0.39 is 0 Å². The van der Waals surface area contributed by atoms with Crippen molar-refractivity contribution in [2.75, 3.05) is 13.7 Å². The maximum absolute atomic E-state index is 13.0. The number of hydrogen-bond acceptors (Lipinski definition) is 4. The zero-order valence-corrected chi connectivity index (χ0v) is 21.1. The Balaban J connectivity index is 1.47. The highest BCUT2D eigenvalue weighted by atomic mass is 32.1. The molecule has 2 aromatic heterocycles. The highest BCUT2D eigenvalue weighted by Gasteiger charge is 2.17.